The van der Waals surface area contributed by atoms with Crippen LogP contribution in [0.2, 0.25) is 0 Å². The SMILES string of the molecule is CCCOc1cc(C)nc(NCCC(N)CC)n1. The van der Waals surface area contributed by atoms with Crippen LogP contribution in [0, 0.1) is 6.92 Å². The van der Waals surface area contributed by atoms with E-state index >= 15 is 0 Å². The van der Waals surface area contributed by atoms with Crippen LogP contribution in [0.15, 0.2) is 6.07 Å². The molecule has 1 aromatic heterocycles. The number of hydrogen-bond donors (Lipinski definition) is 2. The van der Waals surface area contributed by atoms with Crippen LogP contribution in [0.4, 0.5) is 5.95 Å². The summed E-state index contributed by atoms with van der Waals surface area (Å²) in [5.41, 5.74) is 6.76. The molecule has 1 unspecified atom stereocenters. The standard InChI is InChI=1S/C13H24N4O/c1-4-8-18-12-9-10(3)16-13(17-12)15-7-6-11(14)5-2/h9,11H,4-8,14H2,1-3H3,(H,15,16,17). The Labute approximate surface area is 109 Å². The molecule has 0 aliphatic heterocycles. The number of aryl methyl sites for hydroxylation is 1. The summed E-state index contributed by atoms with van der Waals surface area (Å²) < 4.78 is 5.51. The summed E-state index contributed by atoms with van der Waals surface area (Å²) in [5.74, 6) is 1.25. The first kappa shape index (κ1) is 14.7. The molecule has 0 amide bonds. The van der Waals surface area contributed by atoms with Crippen molar-refractivity contribution in [2.45, 2.75) is 46.1 Å². The van der Waals surface area contributed by atoms with Gasteiger partial charge in [-0.3, -0.25) is 0 Å². The zero-order valence-electron chi connectivity index (χ0n) is 11.6. The van der Waals surface area contributed by atoms with Crippen LogP contribution in [0.3, 0.4) is 0 Å². The maximum Gasteiger partial charge on any atom is 0.226 e. The van der Waals surface area contributed by atoms with E-state index in [9.17, 15) is 0 Å². The Morgan fingerprint density at radius 1 is 1.39 bits per heavy atom. The summed E-state index contributed by atoms with van der Waals surface area (Å²) in [6.07, 6.45) is 2.87. The van der Waals surface area contributed by atoms with Crippen LogP contribution in [-0.4, -0.2) is 29.2 Å². The van der Waals surface area contributed by atoms with E-state index in [0.717, 1.165) is 31.5 Å². The molecule has 0 saturated heterocycles. The average molecular weight is 252 g/mol. The van der Waals surface area contributed by atoms with Crippen molar-refractivity contribution >= 4 is 5.95 Å². The smallest absolute Gasteiger partial charge is 0.226 e. The predicted octanol–water partition coefficient (Wildman–Crippen LogP) is 2.11. The number of aromatic nitrogens is 2. The number of anilines is 1. The second kappa shape index (κ2) is 7.87. The minimum atomic E-state index is 0.234. The second-order valence-electron chi connectivity index (χ2n) is 4.40. The van der Waals surface area contributed by atoms with Gasteiger partial charge in [-0.15, -0.1) is 0 Å². The third-order valence-electron chi connectivity index (χ3n) is 2.61. The van der Waals surface area contributed by atoms with Crippen molar-refractivity contribution in [3.05, 3.63) is 11.8 Å². The number of rotatable bonds is 8. The molecule has 1 aromatic rings. The molecule has 0 bridgehead atoms. The minimum Gasteiger partial charge on any atom is -0.478 e. The Bertz CT molecular complexity index is 357. The van der Waals surface area contributed by atoms with Crippen LogP contribution >= 0.6 is 0 Å². The van der Waals surface area contributed by atoms with Crippen LogP contribution in [0.1, 0.15) is 38.8 Å². The molecule has 18 heavy (non-hydrogen) atoms. The van der Waals surface area contributed by atoms with Crippen molar-refractivity contribution < 1.29 is 4.74 Å². The molecular weight excluding hydrogens is 228 g/mol. The first-order chi connectivity index (χ1) is 8.65. The van der Waals surface area contributed by atoms with Crippen LogP contribution in [0.25, 0.3) is 0 Å². The van der Waals surface area contributed by atoms with Crippen LogP contribution in [0.5, 0.6) is 5.88 Å². The van der Waals surface area contributed by atoms with E-state index < -0.39 is 0 Å². The molecule has 1 heterocycles. The zero-order valence-corrected chi connectivity index (χ0v) is 11.6. The van der Waals surface area contributed by atoms with Gasteiger partial charge >= 0.3 is 0 Å². The molecule has 0 aromatic carbocycles. The van der Waals surface area contributed by atoms with Crippen LogP contribution in [-0.2, 0) is 0 Å². The van der Waals surface area contributed by atoms with Crippen molar-refractivity contribution in [2.75, 3.05) is 18.5 Å². The lowest BCUT2D eigenvalue weighted by atomic mass is 10.2. The summed E-state index contributed by atoms with van der Waals surface area (Å²) in [5, 5.41) is 3.19. The Morgan fingerprint density at radius 2 is 2.17 bits per heavy atom. The van der Waals surface area contributed by atoms with Crippen molar-refractivity contribution in [2.24, 2.45) is 5.73 Å². The maximum atomic E-state index is 5.86. The summed E-state index contributed by atoms with van der Waals surface area (Å²) in [6.45, 7) is 7.55. The topological polar surface area (TPSA) is 73.1 Å². The molecule has 5 nitrogen and oxygen atoms in total. The molecular formula is C13H24N4O. The van der Waals surface area contributed by atoms with E-state index in [4.69, 9.17) is 10.5 Å². The van der Waals surface area contributed by atoms with Gasteiger partial charge in [0.2, 0.25) is 11.8 Å². The largest absolute Gasteiger partial charge is 0.478 e. The van der Waals surface area contributed by atoms with E-state index in [1.807, 2.05) is 13.0 Å². The van der Waals surface area contributed by atoms with Gasteiger partial charge in [0.25, 0.3) is 0 Å². The Morgan fingerprint density at radius 3 is 2.83 bits per heavy atom. The Kier molecular flexibility index (Phi) is 6.43. The van der Waals surface area contributed by atoms with Gasteiger partial charge in [0.05, 0.1) is 6.61 Å². The fourth-order valence-corrected chi connectivity index (χ4v) is 1.47. The van der Waals surface area contributed by atoms with Gasteiger partial charge < -0.3 is 15.8 Å². The highest BCUT2D eigenvalue weighted by Gasteiger charge is 2.04. The molecule has 0 spiro atoms. The Balaban J connectivity index is 2.51. The zero-order chi connectivity index (χ0) is 13.4. The third kappa shape index (κ3) is 5.31. The van der Waals surface area contributed by atoms with Gasteiger partial charge in [-0.1, -0.05) is 13.8 Å². The van der Waals surface area contributed by atoms with Gasteiger partial charge in [0.1, 0.15) is 0 Å². The van der Waals surface area contributed by atoms with Gasteiger partial charge in [0.15, 0.2) is 0 Å². The summed E-state index contributed by atoms with van der Waals surface area (Å²) in [6, 6.07) is 2.08. The molecule has 0 saturated carbocycles. The fraction of sp³-hybridized carbons (Fsp3) is 0.692. The molecule has 0 radical (unpaired) electrons. The molecule has 3 N–H and O–H groups in total. The van der Waals surface area contributed by atoms with Crippen molar-refractivity contribution in [1.82, 2.24) is 9.97 Å². The molecule has 102 valence electrons. The molecule has 1 rings (SSSR count). The minimum absolute atomic E-state index is 0.234. The molecule has 1 atom stereocenters. The van der Waals surface area contributed by atoms with Gasteiger partial charge in [0, 0.05) is 24.3 Å². The van der Waals surface area contributed by atoms with E-state index in [2.05, 4.69) is 29.1 Å². The lowest BCUT2D eigenvalue weighted by molar-refractivity contribution is 0.305. The predicted molar refractivity (Wildman–Crippen MR) is 73.9 cm³/mol. The summed E-state index contributed by atoms with van der Waals surface area (Å²) >= 11 is 0. The maximum absolute atomic E-state index is 5.86. The quantitative estimate of drug-likeness (QED) is 0.741. The number of nitrogens with zero attached hydrogens (tertiary/aromatic N) is 2. The molecule has 0 aliphatic rings. The number of nitrogens with one attached hydrogen (secondary N) is 1. The highest BCUT2D eigenvalue weighted by atomic mass is 16.5. The van der Waals surface area contributed by atoms with Gasteiger partial charge in [-0.25, -0.2) is 4.98 Å². The van der Waals surface area contributed by atoms with Crippen molar-refractivity contribution in [3.63, 3.8) is 0 Å². The number of nitrogens with two attached hydrogens (primary N) is 1. The van der Waals surface area contributed by atoms with Crippen LogP contribution < -0.4 is 15.8 Å². The van der Waals surface area contributed by atoms with Gasteiger partial charge in [-0.05, 0) is 26.2 Å². The Hall–Kier alpha value is -1.36. The van der Waals surface area contributed by atoms with Crippen molar-refractivity contribution in [1.29, 1.82) is 0 Å². The number of hydrogen-bond acceptors (Lipinski definition) is 5. The highest BCUT2D eigenvalue weighted by Crippen LogP contribution is 2.12. The fourth-order valence-electron chi connectivity index (χ4n) is 1.47. The van der Waals surface area contributed by atoms with Crippen molar-refractivity contribution in [3.8, 4) is 5.88 Å². The van der Waals surface area contributed by atoms with E-state index in [1.165, 1.54) is 0 Å². The first-order valence-corrected chi connectivity index (χ1v) is 6.63. The molecule has 0 fully saturated rings. The summed E-state index contributed by atoms with van der Waals surface area (Å²) in [7, 11) is 0. The second-order valence-corrected chi connectivity index (χ2v) is 4.40. The highest BCUT2D eigenvalue weighted by molar-refractivity contribution is 5.30. The lowest BCUT2D eigenvalue weighted by Gasteiger charge is -2.11. The lowest BCUT2D eigenvalue weighted by Crippen LogP contribution is -2.22. The van der Waals surface area contributed by atoms with Gasteiger partial charge in [-0.2, -0.15) is 4.98 Å². The summed E-state index contributed by atoms with van der Waals surface area (Å²) in [4.78, 5) is 8.63. The monoisotopic (exact) mass is 252 g/mol. The molecule has 0 aliphatic carbocycles. The third-order valence-corrected chi connectivity index (χ3v) is 2.61. The molecule has 5 heteroatoms. The van der Waals surface area contributed by atoms with E-state index in [1.54, 1.807) is 0 Å². The van der Waals surface area contributed by atoms with E-state index in [0.29, 0.717) is 18.4 Å². The average Bonchev–Trinajstić information content (AvgIpc) is 2.35. The number of ether oxygens (including phenoxy) is 1. The normalized spacial score (nSPS) is 12.2. The first-order valence-electron chi connectivity index (χ1n) is 6.63. The van der Waals surface area contributed by atoms with E-state index in [-0.39, 0.29) is 6.04 Å².